The van der Waals surface area contributed by atoms with Crippen molar-refractivity contribution in [1.29, 1.82) is 0 Å². The number of aromatic amines is 1. The van der Waals surface area contributed by atoms with Crippen LogP contribution in [-0.4, -0.2) is 65.2 Å². The maximum atomic E-state index is 12.6. The van der Waals surface area contributed by atoms with Crippen LogP contribution in [0.2, 0.25) is 0 Å². The average Bonchev–Trinajstić information content (AvgIpc) is 3.18. The molecule has 2 aromatic heterocycles. The monoisotopic (exact) mass is 355 g/mol. The molecule has 4 heterocycles. The molecule has 2 saturated heterocycles. The molecule has 1 unspecified atom stereocenters. The number of carbonyl (C=O) groups excluding carboxylic acids is 1. The van der Waals surface area contributed by atoms with Crippen molar-refractivity contribution < 1.29 is 9.53 Å². The molecule has 26 heavy (non-hydrogen) atoms. The first-order valence-corrected chi connectivity index (χ1v) is 8.85. The zero-order valence-corrected chi connectivity index (χ0v) is 14.4. The van der Waals surface area contributed by atoms with Gasteiger partial charge in [-0.1, -0.05) is 6.07 Å². The van der Waals surface area contributed by atoms with Gasteiger partial charge < -0.3 is 14.5 Å². The van der Waals surface area contributed by atoms with E-state index in [1.165, 1.54) is 0 Å². The van der Waals surface area contributed by atoms with Crippen LogP contribution in [0.1, 0.15) is 28.5 Å². The minimum atomic E-state index is -0.161. The molecule has 0 aromatic carbocycles. The van der Waals surface area contributed by atoms with E-state index in [0.717, 1.165) is 12.1 Å². The molecule has 2 aliphatic rings. The Kier molecular flexibility index (Phi) is 4.66. The number of hydrogen-bond donors (Lipinski definition) is 1. The van der Waals surface area contributed by atoms with Crippen LogP contribution in [0.3, 0.4) is 0 Å². The lowest BCUT2D eigenvalue weighted by molar-refractivity contribution is 0.0785. The minimum absolute atomic E-state index is 0.0600. The van der Waals surface area contributed by atoms with Gasteiger partial charge in [-0.15, -0.1) is 0 Å². The van der Waals surface area contributed by atoms with Crippen LogP contribution in [0.5, 0.6) is 0 Å². The first kappa shape index (κ1) is 16.7. The number of nitrogens with zero attached hydrogens (tertiary/aromatic N) is 4. The summed E-state index contributed by atoms with van der Waals surface area (Å²) in [6.07, 6.45) is 2.41. The highest BCUT2D eigenvalue weighted by atomic mass is 16.5. The van der Waals surface area contributed by atoms with Gasteiger partial charge in [0, 0.05) is 44.4 Å². The normalized spacial score (nSPS) is 20.4. The third kappa shape index (κ3) is 3.45. The van der Waals surface area contributed by atoms with Crippen LogP contribution in [0.25, 0.3) is 0 Å². The Balaban J connectivity index is 1.51. The van der Waals surface area contributed by atoms with Gasteiger partial charge in [0.2, 0.25) is 5.95 Å². The second-order valence-electron chi connectivity index (χ2n) is 6.55. The molecule has 1 atom stereocenters. The molecule has 1 N–H and O–H groups in total. The molecule has 4 rings (SSSR count). The molecule has 0 saturated carbocycles. The van der Waals surface area contributed by atoms with Crippen molar-refractivity contribution in [2.24, 2.45) is 0 Å². The van der Waals surface area contributed by atoms with E-state index in [9.17, 15) is 9.59 Å². The first-order valence-electron chi connectivity index (χ1n) is 8.85. The number of carbonyl (C=O) groups is 1. The fraction of sp³-hybridized carbons (Fsp3) is 0.444. The van der Waals surface area contributed by atoms with Crippen molar-refractivity contribution in [2.45, 2.75) is 12.3 Å². The molecule has 0 aliphatic carbocycles. The van der Waals surface area contributed by atoms with Gasteiger partial charge in [-0.05, 0) is 18.6 Å². The van der Waals surface area contributed by atoms with Gasteiger partial charge in [0.1, 0.15) is 5.69 Å². The molecule has 8 nitrogen and oxygen atoms in total. The van der Waals surface area contributed by atoms with E-state index in [1.54, 1.807) is 35.4 Å². The minimum Gasteiger partial charge on any atom is -0.378 e. The molecular weight excluding hydrogens is 334 g/mol. The summed E-state index contributed by atoms with van der Waals surface area (Å²) in [5.41, 5.74) is 1.03. The summed E-state index contributed by atoms with van der Waals surface area (Å²) < 4.78 is 5.35. The van der Waals surface area contributed by atoms with Crippen LogP contribution in [0.4, 0.5) is 5.95 Å². The number of H-pyrrole nitrogens is 1. The summed E-state index contributed by atoms with van der Waals surface area (Å²) >= 11 is 0. The van der Waals surface area contributed by atoms with Crippen LogP contribution >= 0.6 is 0 Å². The van der Waals surface area contributed by atoms with E-state index >= 15 is 0 Å². The number of anilines is 1. The topological polar surface area (TPSA) is 91.4 Å². The predicted molar refractivity (Wildman–Crippen MR) is 95.4 cm³/mol. The summed E-state index contributed by atoms with van der Waals surface area (Å²) in [5.74, 6) is 0.571. The van der Waals surface area contributed by atoms with Gasteiger partial charge in [-0.2, -0.15) is 0 Å². The molecule has 8 heteroatoms. The number of likely N-dealkylation sites (tertiary alicyclic amines) is 1. The van der Waals surface area contributed by atoms with Crippen LogP contribution in [0.15, 0.2) is 35.3 Å². The van der Waals surface area contributed by atoms with Gasteiger partial charge in [-0.3, -0.25) is 19.6 Å². The standard InChI is InChI=1S/C18H21N5O3/c24-16-11-15(20-18(21-16)22-7-9-26-10-8-22)13-4-6-23(12-13)17(25)14-3-1-2-5-19-14/h1-3,5,11,13H,4,6-10,12H2,(H,20,21,24). The molecule has 0 spiro atoms. The second kappa shape index (κ2) is 7.25. The third-order valence-corrected chi connectivity index (χ3v) is 4.84. The van der Waals surface area contributed by atoms with Gasteiger partial charge in [0.25, 0.3) is 11.5 Å². The van der Waals surface area contributed by atoms with E-state index in [4.69, 9.17) is 4.74 Å². The fourth-order valence-electron chi connectivity index (χ4n) is 3.43. The molecule has 2 aromatic rings. The molecule has 0 radical (unpaired) electrons. The second-order valence-corrected chi connectivity index (χ2v) is 6.55. The van der Waals surface area contributed by atoms with E-state index in [2.05, 4.69) is 15.0 Å². The molecule has 2 aliphatic heterocycles. The number of pyridine rings is 1. The average molecular weight is 355 g/mol. The quantitative estimate of drug-likeness (QED) is 0.868. The highest BCUT2D eigenvalue weighted by Crippen LogP contribution is 2.27. The highest BCUT2D eigenvalue weighted by molar-refractivity contribution is 5.92. The maximum absolute atomic E-state index is 12.6. The number of ether oxygens (including phenoxy) is 1. The number of hydrogen-bond acceptors (Lipinski definition) is 6. The first-order chi connectivity index (χ1) is 12.7. The SMILES string of the molecule is O=C(c1ccccn1)N1CCC(c2cc(=O)[nH]c(N3CCOCC3)n2)C1. The molecule has 1 amide bonds. The smallest absolute Gasteiger partial charge is 0.272 e. The number of aromatic nitrogens is 3. The highest BCUT2D eigenvalue weighted by Gasteiger charge is 2.30. The maximum Gasteiger partial charge on any atom is 0.272 e. The number of morpholine rings is 1. The Morgan fingerprint density at radius 3 is 2.85 bits per heavy atom. The van der Waals surface area contributed by atoms with Gasteiger partial charge in [0.15, 0.2) is 0 Å². The van der Waals surface area contributed by atoms with E-state index in [1.807, 2.05) is 4.90 Å². The zero-order chi connectivity index (χ0) is 17.9. The summed E-state index contributed by atoms with van der Waals surface area (Å²) in [4.78, 5) is 40.1. The predicted octanol–water partition coefficient (Wildman–Crippen LogP) is 0.631. The summed E-state index contributed by atoms with van der Waals surface area (Å²) in [7, 11) is 0. The lowest BCUT2D eigenvalue weighted by Gasteiger charge is -2.27. The summed E-state index contributed by atoms with van der Waals surface area (Å²) in [6.45, 7) is 3.87. The fourth-order valence-corrected chi connectivity index (χ4v) is 3.43. The molecule has 2 fully saturated rings. The summed E-state index contributed by atoms with van der Waals surface area (Å²) in [5, 5.41) is 0. The van der Waals surface area contributed by atoms with Crippen molar-refractivity contribution in [3.05, 3.63) is 52.2 Å². The van der Waals surface area contributed by atoms with E-state index < -0.39 is 0 Å². The zero-order valence-electron chi connectivity index (χ0n) is 14.4. The van der Waals surface area contributed by atoms with Crippen molar-refractivity contribution in [1.82, 2.24) is 19.9 Å². The van der Waals surface area contributed by atoms with Crippen LogP contribution in [-0.2, 0) is 4.74 Å². The van der Waals surface area contributed by atoms with Crippen molar-refractivity contribution in [3.63, 3.8) is 0 Å². The van der Waals surface area contributed by atoms with Crippen molar-refractivity contribution in [3.8, 4) is 0 Å². The van der Waals surface area contributed by atoms with Gasteiger partial charge in [0.05, 0.1) is 18.9 Å². The van der Waals surface area contributed by atoms with E-state index in [0.29, 0.717) is 51.0 Å². The van der Waals surface area contributed by atoms with Crippen molar-refractivity contribution >= 4 is 11.9 Å². The van der Waals surface area contributed by atoms with Gasteiger partial charge >= 0.3 is 0 Å². The lowest BCUT2D eigenvalue weighted by atomic mass is 10.1. The van der Waals surface area contributed by atoms with Gasteiger partial charge in [-0.25, -0.2) is 4.98 Å². The Hall–Kier alpha value is -2.74. The number of nitrogens with one attached hydrogen (secondary N) is 1. The van der Waals surface area contributed by atoms with Crippen LogP contribution in [0, 0.1) is 0 Å². The largest absolute Gasteiger partial charge is 0.378 e. The van der Waals surface area contributed by atoms with Crippen molar-refractivity contribution in [2.75, 3.05) is 44.3 Å². The Labute approximate surface area is 150 Å². The molecule has 136 valence electrons. The Morgan fingerprint density at radius 1 is 1.23 bits per heavy atom. The number of amides is 1. The van der Waals surface area contributed by atoms with E-state index in [-0.39, 0.29) is 17.4 Å². The Morgan fingerprint density at radius 2 is 2.08 bits per heavy atom. The molecular formula is C18H21N5O3. The molecule has 0 bridgehead atoms. The van der Waals surface area contributed by atoms with Crippen LogP contribution < -0.4 is 10.5 Å². The summed E-state index contributed by atoms with van der Waals surface area (Å²) in [6, 6.07) is 6.86. The Bertz CT molecular complexity index is 832. The number of rotatable bonds is 3. The third-order valence-electron chi connectivity index (χ3n) is 4.84. The lowest BCUT2D eigenvalue weighted by Crippen LogP contribution is -2.38.